The van der Waals surface area contributed by atoms with Gasteiger partial charge in [0.1, 0.15) is 18.2 Å². The minimum atomic E-state index is -0.602. The van der Waals surface area contributed by atoms with Crippen LogP contribution in [-0.2, 0) is 20.9 Å². The predicted octanol–water partition coefficient (Wildman–Crippen LogP) is 4.27. The average molecular weight is 425 g/mol. The summed E-state index contributed by atoms with van der Waals surface area (Å²) in [5.41, 5.74) is 8.43. The van der Waals surface area contributed by atoms with E-state index < -0.39 is 11.9 Å². The van der Waals surface area contributed by atoms with E-state index in [1.807, 2.05) is 60.7 Å². The Balaban J connectivity index is 1.96. The average Bonchev–Trinajstić information content (AvgIpc) is 2.69. The number of nitrogens with two attached hydrogens (primary N) is 1. The molecule has 136 valence electrons. The quantitative estimate of drug-likeness (QED) is 0.740. The summed E-state index contributed by atoms with van der Waals surface area (Å²) in [5, 5.41) is 9.48. The first-order valence-corrected chi connectivity index (χ1v) is 9.05. The first-order valence-electron chi connectivity index (χ1n) is 8.26. The third kappa shape index (κ3) is 4.04. The standard InChI is InChI=1S/C21H17BrN2O3/c1-13-18(15-7-9-16(22)10-8-15)19(17(11-23)27-20(13)24)21(25)26-12-14-5-3-2-4-6-14/h2-10,18H,12,24H2,1H3. The van der Waals surface area contributed by atoms with Crippen LogP contribution < -0.4 is 5.73 Å². The van der Waals surface area contributed by atoms with Gasteiger partial charge in [0.2, 0.25) is 5.76 Å². The number of nitrogens with zero attached hydrogens (tertiary/aromatic N) is 1. The maximum absolute atomic E-state index is 12.9. The number of benzene rings is 2. The lowest BCUT2D eigenvalue weighted by Gasteiger charge is -2.27. The van der Waals surface area contributed by atoms with Crippen LogP contribution in [0.15, 0.2) is 81.9 Å². The van der Waals surface area contributed by atoms with Gasteiger partial charge in [-0.1, -0.05) is 58.4 Å². The zero-order chi connectivity index (χ0) is 19.4. The second-order valence-electron chi connectivity index (χ2n) is 6.05. The van der Waals surface area contributed by atoms with Crippen molar-refractivity contribution in [1.29, 1.82) is 5.26 Å². The summed E-state index contributed by atoms with van der Waals surface area (Å²) in [7, 11) is 0. The highest BCUT2D eigenvalue weighted by Crippen LogP contribution is 2.39. The van der Waals surface area contributed by atoms with Gasteiger partial charge in [-0.05, 0) is 35.8 Å². The Kier molecular flexibility index (Phi) is 5.63. The van der Waals surface area contributed by atoms with E-state index in [2.05, 4.69) is 15.9 Å². The van der Waals surface area contributed by atoms with Gasteiger partial charge in [-0.15, -0.1) is 0 Å². The number of hydrogen-bond acceptors (Lipinski definition) is 5. The number of rotatable bonds is 4. The topological polar surface area (TPSA) is 85.3 Å². The first-order chi connectivity index (χ1) is 13.0. The summed E-state index contributed by atoms with van der Waals surface area (Å²) in [4.78, 5) is 12.9. The van der Waals surface area contributed by atoms with Crippen LogP contribution in [0.1, 0.15) is 24.0 Å². The van der Waals surface area contributed by atoms with E-state index in [9.17, 15) is 10.1 Å². The molecule has 1 atom stereocenters. The predicted molar refractivity (Wildman–Crippen MR) is 104 cm³/mol. The zero-order valence-electron chi connectivity index (χ0n) is 14.6. The Hall–Kier alpha value is -3.04. The maximum atomic E-state index is 12.9. The fraction of sp³-hybridized carbons (Fsp3) is 0.143. The van der Waals surface area contributed by atoms with Crippen LogP contribution >= 0.6 is 15.9 Å². The minimum absolute atomic E-state index is 0.104. The fourth-order valence-corrected chi connectivity index (χ4v) is 3.17. The number of carbonyl (C=O) groups excluding carboxylic acids is 1. The van der Waals surface area contributed by atoms with Crippen LogP contribution in [0, 0.1) is 11.3 Å². The molecule has 5 nitrogen and oxygen atoms in total. The van der Waals surface area contributed by atoms with Crippen molar-refractivity contribution < 1.29 is 14.3 Å². The van der Waals surface area contributed by atoms with Gasteiger partial charge < -0.3 is 15.2 Å². The van der Waals surface area contributed by atoms with E-state index in [0.29, 0.717) is 5.57 Å². The van der Waals surface area contributed by atoms with E-state index in [1.54, 1.807) is 6.92 Å². The van der Waals surface area contributed by atoms with Crippen molar-refractivity contribution in [2.45, 2.75) is 19.4 Å². The molecular weight excluding hydrogens is 408 g/mol. The van der Waals surface area contributed by atoms with Gasteiger partial charge in [-0.3, -0.25) is 0 Å². The Morgan fingerprint density at radius 1 is 1.22 bits per heavy atom. The molecule has 2 aromatic rings. The third-order valence-corrected chi connectivity index (χ3v) is 4.83. The van der Waals surface area contributed by atoms with Crippen molar-refractivity contribution in [1.82, 2.24) is 0 Å². The van der Waals surface area contributed by atoms with E-state index in [-0.39, 0.29) is 23.8 Å². The Bertz CT molecular complexity index is 957. The fourth-order valence-electron chi connectivity index (χ4n) is 2.90. The smallest absolute Gasteiger partial charge is 0.339 e. The molecule has 0 spiro atoms. The Morgan fingerprint density at radius 3 is 2.52 bits per heavy atom. The van der Waals surface area contributed by atoms with E-state index in [4.69, 9.17) is 15.2 Å². The van der Waals surface area contributed by atoms with Crippen molar-refractivity contribution in [2.24, 2.45) is 5.73 Å². The number of halogens is 1. The second kappa shape index (κ2) is 8.11. The van der Waals surface area contributed by atoms with Crippen molar-refractivity contribution in [3.63, 3.8) is 0 Å². The van der Waals surface area contributed by atoms with E-state index in [0.717, 1.165) is 15.6 Å². The van der Waals surface area contributed by atoms with Crippen LogP contribution in [0.25, 0.3) is 0 Å². The normalized spacial score (nSPS) is 16.6. The lowest BCUT2D eigenvalue weighted by molar-refractivity contribution is -0.140. The molecule has 1 heterocycles. The number of esters is 1. The summed E-state index contributed by atoms with van der Waals surface area (Å²) in [6.45, 7) is 1.88. The van der Waals surface area contributed by atoms with Crippen LogP contribution in [0.4, 0.5) is 0 Å². The maximum Gasteiger partial charge on any atom is 0.339 e. The minimum Gasteiger partial charge on any atom is -0.457 e. The van der Waals surface area contributed by atoms with Crippen LogP contribution in [0.2, 0.25) is 0 Å². The lowest BCUT2D eigenvalue weighted by atomic mass is 9.83. The van der Waals surface area contributed by atoms with Crippen molar-refractivity contribution in [3.8, 4) is 6.07 Å². The largest absolute Gasteiger partial charge is 0.457 e. The summed E-state index contributed by atoms with van der Waals surface area (Å²) >= 11 is 3.40. The number of allylic oxidation sites excluding steroid dienone is 2. The summed E-state index contributed by atoms with van der Waals surface area (Å²) in [6.07, 6.45) is 0. The highest BCUT2D eigenvalue weighted by atomic mass is 79.9. The first kappa shape index (κ1) is 18.7. The van der Waals surface area contributed by atoms with Gasteiger partial charge in [-0.25, -0.2) is 4.79 Å². The summed E-state index contributed by atoms with van der Waals surface area (Å²) in [5.74, 6) is -1.12. The van der Waals surface area contributed by atoms with Gasteiger partial charge >= 0.3 is 5.97 Å². The van der Waals surface area contributed by atoms with E-state index in [1.165, 1.54) is 0 Å². The molecule has 0 saturated heterocycles. The highest BCUT2D eigenvalue weighted by molar-refractivity contribution is 9.10. The summed E-state index contributed by atoms with van der Waals surface area (Å²) in [6, 6.07) is 18.7. The molecule has 0 fully saturated rings. The van der Waals surface area contributed by atoms with Gasteiger partial charge in [0, 0.05) is 10.4 Å². The number of nitriles is 1. The molecular formula is C21H17BrN2O3. The number of ether oxygens (including phenoxy) is 2. The monoisotopic (exact) mass is 424 g/mol. The van der Waals surface area contributed by atoms with Crippen molar-refractivity contribution in [3.05, 3.63) is 93.0 Å². The molecule has 3 rings (SSSR count). The van der Waals surface area contributed by atoms with E-state index >= 15 is 0 Å². The number of hydrogen-bond donors (Lipinski definition) is 1. The van der Waals surface area contributed by atoms with Crippen LogP contribution in [0.5, 0.6) is 0 Å². The van der Waals surface area contributed by atoms with Gasteiger partial charge in [0.15, 0.2) is 5.88 Å². The number of carbonyl (C=O) groups is 1. The van der Waals surface area contributed by atoms with Crippen molar-refractivity contribution >= 4 is 21.9 Å². The van der Waals surface area contributed by atoms with Gasteiger partial charge in [0.25, 0.3) is 0 Å². The second-order valence-corrected chi connectivity index (χ2v) is 6.97. The SMILES string of the molecule is CC1=C(N)OC(C#N)=C(C(=O)OCc2ccccc2)C1c1ccc(Br)cc1. The van der Waals surface area contributed by atoms with Crippen molar-refractivity contribution in [2.75, 3.05) is 0 Å². The molecule has 0 bridgehead atoms. The molecule has 0 saturated carbocycles. The highest BCUT2D eigenvalue weighted by Gasteiger charge is 2.35. The molecule has 2 N–H and O–H groups in total. The molecule has 6 heteroatoms. The lowest BCUT2D eigenvalue weighted by Crippen LogP contribution is -2.25. The summed E-state index contributed by atoms with van der Waals surface area (Å²) < 4.78 is 11.7. The molecule has 27 heavy (non-hydrogen) atoms. The molecule has 1 aliphatic rings. The Morgan fingerprint density at radius 2 is 1.89 bits per heavy atom. The Labute approximate surface area is 165 Å². The molecule has 0 aromatic heterocycles. The molecule has 0 amide bonds. The van der Waals surface area contributed by atoms with Gasteiger partial charge in [0.05, 0.1) is 0 Å². The van der Waals surface area contributed by atoms with Gasteiger partial charge in [-0.2, -0.15) is 5.26 Å². The zero-order valence-corrected chi connectivity index (χ0v) is 16.2. The molecule has 0 aliphatic carbocycles. The molecule has 2 aromatic carbocycles. The van der Waals surface area contributed by atoms with Crippen LogP contribution in [0.3, 0.4) is 0 Å². The molecule has 1 unspecified atom stereocenters. The van der Waals surface area contributed by atoms with Crippen LogP contribution in [-0.4, -0.2) is 5.97 Å². The molecule has 1 aliphatic heterocycles. The third-order valence-electron chi connectivity index (χ3n) is 4.30. The molecule has 0 radical (unpaired) electrons.